The fraction of sp³-hybridized carbons (Fsp3) is 0.500. The molecule has 0 bridgehead atoms. The van der Waals surface area contributed by atoms with Gasteiger partial charge >= 0.3 is 0 Å². The maximum atomic E-state index is 13.4. The molecule has 0 radical (unpaired) electrons. The van der Waals surface area contributed by atoms with Crippen LogP contribution in [0, 0.1) is 12.8 Å². The number of nitrogens with zero attached hydrogens (tertiary/aromatic N) is 2. The molecule has 3 rings (SSSR count). The van der Waals surface area contributed by atoms with Gasteiger partial charge in [-0.2, -0.15) is 0 Å². The Balaban J connectivity index is 1.78. The van der Waals surface area contributed by atoms with E-state index < -0.39 is 0 Å². The van der Waals surface area contributed by atoms with Crippen molar-refractivity contribution in [3.8, 4) is 0 Å². The van der Waals surface area contributed by atoms with E-state index in [1.54, 1.807) is 16.2 Å². The molecule has 1 fully saturated rings. The van der Waals surface area contributed by atoms with Crippen molar-refractivity contribution >= 4 is 23.2 Å². The molecule has 0 aliphatic heterocycles. The van der Waals surface area contributed by atoms with Gasteiger partial charge in [-0.05, 0) is 58.2 Å². The maximum Gasteiger partial charge on any atom is 0.242 e. The van der Waals surface area contributed by atoms with Crippen molar-refractivity contribution < 1.29 is 9.59 Å². The third-order valence-corrected chi connectivity index (χ3v) is 6.52. The number of amides is 2. The highest BCUT2D eigenvalue weighted by Crippen LogP contribution is 2.31. The Hall–Kier alpha value is -2.14. The second-order valence-corrected chi connectivity index (χ2v) is 10.3. The second-order valence-electron chi connectivity index (χ2n) is 8.97. The third kappa shape index (κ3) is 5.69. The van der Waals surface area contributed by atoms with Crippen LogP contribution in [0.2, 0.25) is 0 Å². The standard InChI is InChI=1S/C24H32N2O2S/c1-18-13-14-21(29-18)16-25(15-19-9-6-5-7-10-19)22(27)17-26(24(2,3)4)23(28)20-11-8-12-20/h5-7,9-10,13-14,20H,8,11-12,15-17H2,1-4H3. The number of benzene rings is 1. The summed E-state index contributed by atoms with van der Waals surface area (Å²) >= 11 is 1.72. The summed E-state index contributed by atoms with van der Waals surface area (Å²) in [5.74, 6) is 0.218. The van der Waals surface area contributed by atoms with Crippen LogP contribution in [0.3, 0.4) is 0 Å². The van der Waals surface area contributed by atoms with Gasteiger partial charge in [0.1, 0.15) is 6.54 Å². The molecular formula is C24H32N2O2S. The van der Waals surface area contributed by atoms with Crippen LogP contribution in [0.5, 0.6) is 0 Å². The van der Waals surface area contributed by atoms with Gasteiger partial charge in [0.05, 0.1) is 6.54 Å². The summed E-state index contributed by atoms with van der Waals surface area (Å²) in [6.45, 7) is 9.38. The monoisotopic (exact) mass is 412 g/mol. The van der Waals surface area contributed by atoms with Crippen LogP contribution in [0.15, 0.2) is 42.5 Å². The average molecular weight is 413 g/mol. The predicted molar refractivity (Wildman–Crippen MR) is 119 cm³/mol. The molecule has 1 saturated carbocycles. The van der Waals surface area contributed by atoms with Gasteiger partial charge in [-0.15, -0.1) is 11.3 Å². The Kier molecular flexibility index (Phi) is 6.78. The van der Waals surface area contributed by atoms with Crippen LogP contribution >= 0.6 is 11.3 Å². The first-order valence-electron chi connectivity index (χ1n) is 10.4. The summed E-state index contributed by atoms with van der Waals surface area (Å²) in [6.07, 6.45) is 3.00. The van der Waals surface area contributed by atoms with Crippen molar-refractivity contribution in [2.24, 2.45) is 5.92 Å². The molecule has 5 heteroatoms. The first-order valence-corrected chi connectivity index (χ1v) is 11.2. The number of carbonyl (C=O) groups excluding carboxylic acids is 2. The minimum absolute atomic E-state index is 0.00232. The summed E-state index contributed by atoms with van der Waals surface area (Å²) < 4.78 is 0. The Morgan fingerprint density at radius 1 is 1.03 bits per heavy atom. The quantitative estimate of drug-likeness (QED) is 0.641. The van der Waals surface area contributed by atoms with Crippen molar-refractivity contribution in [1.29, 1.82) is 0 Å². The number of aryl methyl sites for hydroxylation is 1. The Morgan fingerprint density at radius 2 is 1.72 bits per heavy atom. The lowest BCUT2D eigenvalue weighted by Gasteiger charge is -2.40. The van der Waals surface area contributed by atoms with E-state index in [-0.39, 0.29) is 29.8 Å². The minimum atomic E-state index is -0.375. The molecule has 1 aromatic heterocycles. The van der Waals surface area contributed by atoms with Crippen LogP contribution in [0.1, 0.15) is 55.4 Å². The van der Waals surface area contributed by atoms with E-state index in [4.69, 9.17) is 0 Å². The minimum Gasteiger partial charge on any atom is -0.332 e. The van der Waals surface area contributed by atoms with Gasteiger partial charge in [0, 0.05) is 27.8 Å². The molecule has 2 amide bonds. The number of rotatable bonds is 7. The molecule has 0 unspecified atom stereocenters. The van der Waals surface area contributed by atoms with Crippen LogP contribution in [0.4, 0.5) is 0 Å². The van der Waals surface area contributed by atoms with Gasteiger partial charge in [0.2, 0.25) is 11.8 Å². The number of carbonyl (C=O) groups is 2. The smallest absolute Gasteiger partial charge is 0.242 e. The van der Waals surface area contributed by atoms with Crippen LogP contribution in [-0.2, 0) is 22.7 Å². The van der Waals surface area contributed by atoms with Gasteiger partial charge in [-0.25, -0.2) is 0 Å². The molecule has 156 valence electrons. The Morgan fingerprint density at radius 3 is 2.24 bits per heavy atom. The van der Waals surface area contributed by atoms with E-state index in [9.17, 15) is 9.59 Å². The SMILES string of the molecule is Cc1ccc(CN(Cc2ccccc2)C(=O)CN(C(=O)C2CCC2)C(C)(C)C)s1. The lowest BCUT2D eigenvalue weighted by Crippen LogP contribution is -2.53. The van der Waals surface area contributed by atoms with Crippen LogP contribution in [0.25, 0.3) is 0 Å². The average Bonchev–Trinajstić information content (AvgIpc) is 3.02. The van der Waals surface area contributed by atoms with E-state index in [2.05, 4.69) is 19.1 Å². The molecule has 0 atom stereocenters. The van der Waals surface area contributed by atoms with Gasteiger partial charge in [-0.1, -0.05) is 36.8 Å². The van der Waals surface area contributed by atoms with Crippen molar-refractivity contribution in [2.45, 2.75) is 65.6 Å². The number of hydrogen-bond donors (Lipinski definition) is 0. The molecule has 1 aliphatic carbocycles. The maximum absolute atomic E-state index is 13.4. The zero-order valence-electron chi connectivity index (χ0n) is 18.0. The molecule has 4 nitrogen and oxygen atoms in total. The molecule has 1 aliphatic rings. The van der Waals surface area contributed by atoms with Gasteiger partial charge in [-0.3, -0.25) is 9.59 Å². The second kappa shape index (κ2) is 9.12. The summed E-state index contributed by atoms with van der Waals surface area (Å²) in [7, 11) is 0. The van der Waals surface area contributed by atoms with Crippen molar-refractivity contribution in [2.75, 3.05) is 6.54 Å². The molecule has 0 spiro atoms. The molecule has 2 aromatic rings. The highest BCUT2D eigenvalue weighted by atomic mass is 32.1. The molecule has 29 heavy (non-hydrogen) atoms. The topological polar surface area (TPSA) is 40.6 Å². The fourth-order valence-electron chi connectivity index (χ4n) is 3.55. The number of thiophene rings is 1. The summed E-state index contributed by atoms with van der Waals surface area (Å²) in [4.78, 5) is 32.5. The first kappa shape index (κ1) is 21.6. The molecular weight excluding hydrogens is 380 g/mol. The zero-order valence-corrected chi connectivity index (χ0v) is 18.8. The first-order chi connectivity index (χ1) is 13.7. The van der Waals surface area contributed by atoms with Crippen LogP contribution < -0.4 is 0 Å². The van der Waals surface area contributed by atoms with E-state index in [0.29, 0.717) is 13.1 Å². The fourth-order valence-corrected chi connectivity index (χ4v) is 4.46. The van der Waals surface area contributed by atoms with E-state index in [0.717, 1.165) is 24.8 Å². The van der Waals surface area contributed by atoms with Gasteiger partial charge in [0.25, 0.3) is 0 Å². The van der Waals surface area contributed by atoms with E-state index in [1.165, 1.54) is 9.75 Å². The third-order valence-electron chi connectivity index (χ3n) is 5.54. The van der Waals surface area contributed by atoms with Crippen molar-refractivity contribution in [1.82, 2.24) is 9.80 Å². The summed E-state index contributed by atoms with van der Waals surface area (Å²) in [5.41, 5.74) is 0.724. The molecule has 0 N–H and O–H groups in total. The molecule has 1 aromatic carbocycles. The van der Waals surface area contributed by atoms with E-state index >= 15 is 0 Å². The van der Waals surface area contributed by atoms with E-state index in [1.807, 2.05) is 56.0 Å². The summed E-state index contributed by atoms with van der Waals surface area (Å²) in [6, 6.07) is 14.2. The van der Waals surface area contributed by atoms with Gasteiger partial charge in [0.15, 0.2) is 0 Å². The largest absolute Gasteiger partial charge is 0.332 e. The molecule has 1 heterocycles. The molecule has 0 saturated heterocycles. The highest BCUT2D eigenvalue weighted by Gasteiger charge is 2.36. The number of hydrogen-bond acceptors (Lipinski definition) is 3. The van der Waals surface area contributed by atoms with Crippen molar-refractivity contribution in [3.63, 3.8) is 0 Å². The Labute approximate surface area is 178 Å². The van der Waals surface area contributed by atoms with Crippen LogP contribution in [-0.4, -0.2) is 33.7 Å². The zero-order chi connectivity index (χ0) is 21.0. The lowest BCUT2D eigenvalue weighted by molar-refractivity contribution is -0.150. The predicted octanol–water partition coefficient (Wildman–Crippen LogP) is 5.01. The highest BCUT2D eigenvalue weighted by molar-refractivity contribution is 7.11. The Bertz CT molecular complexity index is 834. The normalized spacial score (nSPS) is 14.3. The van der Waals surface area contributed by atoms with Crippen molar-refractivity contribution in [3.05, 3.63) is 57.8 Å². The lowest BCUT2D eigenvalue weighted by atomic mass is 9.83. The summed E-state index contributed by atoms with van der Waals surface area (Å²) in [5, 5.41) is 0. The van der Waals surface area contributed by atoms with Gasteiger partial charge < -0.3 is 9.80 Å².